The number of rotatable bonds is 11. The maximum absolute atomic E-state index is 5.80. The van der Waals surface area contributed by atoms with E-state index in [-0.39, 0.29) is 0 Å². The van der Waals surface area contributed by atoms with Gasteiger partial charge in [-0.25, -0.2) is 0 Å². The minimum absolute atomic E-state index is 0.584. The van der Waals surface area contributed by atoms with Gasteiger partial charge >= 0.3 is 0 Å². The molecule has 4 heteroatoms. The molecule has 0 bridgehead atoms. The molecule has 0 amide bonds. The molecule has 1 aromatic carbocycles. The molecule has 1 rings (SSSR count). The summed E-state index contributed by atoms with van der Waals surface area (Å²) in [6.45, 7) is 10.4. The zero-order chi connectivity index (χ0) is 14.6. The second kappa shape index (κ2) is 10.8. The molecule has 0 saturated carbocycles. The summed E-state index contributed by atoms with van der Waals surface area (Å²) in [5.74, 6) is 0. The molecule has 2 N–H and O–H groups in total. The van der Waals surface area contributed by atoms with Crippen LogP contribution in [0.1, 0.15) is 25.0 Å². The first-order chi connectivity index (χ1) is 9.81. The maximum Gasteiger partial charge on any atom is 0.0593 e. The van der Waals surface area contributed by atoms with Crippen molar-refractivity contribution in [3.8, 4) is 0 Å². The predicted octanol–water partition coefficient (Wildman–Crippen LogP) is 2.02. The molecule has 0 saturated heterocycles. The van der Waals surface area contributed by atoms with Crippen LogP contribution in [0.5, 0.6) is 0 Å². The monoisotopic (exact) mass is 280 g/mol. The zero-order valence-electron chi connectivity index (χ0n) is 12.8. The zero-order valence-corrected chi connectivity index (χ0v) is 12.8. The van der Waals surface area contributed by atoms with E-state index in [4.69, 9.17) is 15.2 Å². The third-order valence-corrected chi connectivity index (χ3v) is 3.24. The number of benzene rings is 1. The van der Waals surface area contributed by atoms with Crippen LogP contribution < -0.4 is 5.73 Å². The normalized spacial score (nSPS) is 11.2. The van der Waals surface area contributed by atoms with Gasteiger partial charge in [0.25, 0.3) is 0 Å². The van der Waals surface area contributed by atoms with Crippen LogP contribution in [0.25, 0.3) is 0 Å². The van der Waals surface area contributed by atoms with E-state index in [0.29, 0.717) is 6.54 Å². The van der Waals surface area contributed by atoms with Crippen molar-refractivity contribution in [3.63, 3.8) is 0 Å². The average Bonchev–Trinajstić information content (AvgIpc) is 2.48. The van der Waals surface area contributed by atoms with Crippen molar-refractivity contribution in [2.24, 2.45) is 5.73 Å². The number of nitrogens with zero attached hydrogens (tertiary/aromatic N) is 1. The number of hydrogen-bond acceptors (Lipinski definition) is 4. The van der Waals surface area contributed by atoms with Crippen LogP contribution in [-0.2, 0) is 22.6 Å². The summed E-state index contributed by atoms with van der Waals surface area (Å²) < 4.78 is 10.9. The van der Waals surface area contributed by atoms with E-state index in [9.17, 15) is 0 Å². The molecular formula is C16H28N2O2. The van der Waals surface area contributed by atoms with Gasteiger partial charge in [-0.15, -0.1) is 0 Å². The van der Waals surface area contributed by atoms with Gasteiger partial charge in [-0.05, 0) is 25.0 Å². The van der Waals surface area contributed by atoms with Crippen molar-refractivity contribution >= 4 is 0 Å². The molecule has 0 fully saturated rings. The molecule has 0 spiro atoms. The summed E-state index contributed by atoms with van der Waals surface area (Å²) in [5.41, 5.74) is 8.31. The molecule has 0 atom stereocenters. The second-order valence-corrected chi connectivity index (χ2v) is 4.64. The number of nitrogens with two attached hydrogens (primary N) is 1. The van der Waals surface area contributed by atoms with Crippen LogP contribution in [0, 0.1) is 0 Å². The van der Waals surface area contributed by atoms with E-state index in [1.807, 2.05) is 19.9 Å². The molecule has 0 radical (unpaired) electrons. The summed E-state index contributed by atoms with van der Waals surface area (Å²) in [7, 11) is 0. The highest BCUT2D eigenvalue weighted by Gasteiger charge is 2.08. The minimum Gasteiger partial charge on any atom is -0.380 e. The Kier molecular flexibility index (Phi) is 9.24. The lowest BCUT2D eigenvalue weighted by atomic mass is 10.1. The van der Waals surface area contributed by atoms with Crippen LogP contribution in [-0.4, -0.2) is 44.4 Å². The standard InChI is InChI=1S/C16H28N2O2/c1-3-19-11-9-18(10-12-20-4-2)14-16-8-6-5-7-15(16)13-17/h5-8H,3-4,9-14,17H2,1-2H3. The molecule has 1 aromatic rings. The van der Waals surface area contributed by atoms with Gasteiger partial charge in [0.15, 0.2) is 0 Å². The van der Waals surface area contributed by atoms with Crippen molar-refractivity contribution in [2.45, 2.75) is 26.9 Å². The summed E-state index contributed by atoms with van der Waals surface area (Å²) in [4.78, 5) is 2.36. The van der Waals surface area contributed by atoms with Gasteiger partial charge in [-0.3, -0.25) is 4.90 Å². The number of hydrogen-bond donors (Lipinski definition) is 1. The second-order valence-electron chi connectivity index (χ2n) is 4.64. The highest BCUT2D eigenvalue weighted by Crippen LogP contribution is 2.11. The smallest absolute Gasteiger partial charge is 0.0593 e. The van der Waals surface area contributed by atoms with E-state index in [1.54, 1.807) is 0 Å². The molecule has 20 heavy (non-hydrogen) atoms. The molecular weight excluding hydrogens is 252 g/mol. The fourth-order valence-corrected chi connectivity index (χ4v) is 2.10. The molecule has 0 aliphatic carbocycles. The van der Waals surface area contributed by atoms with Crippen molar-refractivity contribution in [2.75, 3.05) is 39.5 Å². The fourth-order valence-electron chi connectivity index (χ4n) is 2.10. The summed E-state index contributed by atoms with van der Waals surface area (Å²) in [6, 6.07) is 8.35. The first kappa shape index (κ1) is 17.1. The predicted molar refractivity (Wildman–Crippen MR) is 82.6 cm³/mol. The highest BCUT2D eigenvalue weighted by atomic mass is 16.5. The number of ether oxygens (including phenoxy) is 2. The van der Waals surface area contributed by atoms with E-state index in [2.05, 4.69) is 23.1 Å². The van der Waals surface area contributed by atoms with Crippen LogP contribution in [0.2, 0.25) is 0 Å². The van der Waals surface area contributed by atoms with Gasteiger partial charge in [0.1, 0.15) is 0 Å². The van der Waals surface area contributed by atoms with E-state index < -0.39 is 0 Å². The Labute approximate surface area is 122 Å². The van der Waals surface area contributed by atoms with Crippen molar-refractivity contribution in [1.82, 2.24) is 4.90 Å². The molecule has 0 aliphatic heterocycles. The topological polar surface area (TPSA) is 47.7 Å². The van der Waals surface area contributed by atoms with Crippen LogP contribution >= 0.6 is 0 Å². The molecule has 0 unspecified atom stereocenters. The van der Waals surface area contributed by atoms with Crippen molar-refractivity contribution < 1.29 is 9.47 Å². The van der Waals surface area contributed by atoms with Gasteiger partial charge in [0.2, 0.25) is 0 Å². The van der Waals surface area contributed by atoms with Crippen LogP contribution in [0.15, 0.2) is 24.3 Å². The molecule has 114 valence electrons. The third-order valence-electron chi connectivity index (χ3n) is 3.24. The van der Waals surface area contributed by atoms with Gasteiger partial charge in [0.05, 0.1) is 13.2 Å². The Balaban J connectivity index is 2.56. The Hall–Kier alpha value is -0.940. The lowest BCUT2D eigenvalue weighted by Crippen LogP contribution is -2.31. The van der Waals surface area contributed by atoms with Crippen molar-refractivity contribution in [1.29, 1.82) is 0 Å². The van der Waals surface area contributed by atoms with Gasteiger partial charge in [-0.1, -0.05) is 24.3 Å². The summed E-state index contributed by atoms with van der Waals surface area (Å²) >= 11 is 0. The lowest BCUT2D eigenvalue weighted by molar-refractivity contribution is 0.0797. The van der Waals surface area contributed by atoms with E-state index in [1.165, 1.54) is 11.1 Å². The van der Waals surface area contributed by atoms with Crippen LogP contribution in [0.3, 0.4) is 0 Å². The Bertz CT molecular complexity index is 348. The van der Waals surface area contributed by atoms with Crippen LogP contribution in [0.4, 0.5) is 0 Å². The molecule has 4 nitrogen and oxygen atoms in total. The molecule has 0 aromatic heterocycles. The quantitative estimate of drug-likeness (QED) is 0.630. The highest BCUT2D eigenvalue weighted by molar-refractivity contribution is 5.26. The molecule has 0 aliphatic rings. The first-order valence-corrected chi connectivity index (χ1v) is 7.46. The average molecular weight is 280 g/mol. The lowest BCUT2D eigenvalue weighted by Gasteiger charge is -2.23. The minimum atomic E-state index is 0.584. The largest absolute Gasteiger partial charge is 0.380 e. The SMILES string of the molecule is CCOCCN(CCOCC)Cc1ccccc1CN. The Morgan fingerprint density at radius 2 is 1.50 bits per heavy atom. The Morgan fingerprint density at radius 1 is 0.950 bits per heavy atom. The van der Waals surface area contributed by atoms with E-state index >= 15 is 0 Å². The van der Waals surface area contributed by atoms with Crippen molar-refractivity contribution in [3.05, 3.63) is 35.4 Å². The summed E-state index contributed by atoms with van der Waals surface area (Å²) in [5, 5.41) is 0. The third kappa shape index (κ3) is 6.48. The Morgan fingerprint density at radius 3 is 2.00 bits per heavy atom. The summed E-state index contributed by atoms with van der Waals surface area (Å²) in [6.07, 6.45) is 0. The maximum atomic E-state index is 5.80. The molecule has 0 heterocycles. The van der Waals surface area contributed by atoms with E-state index in [0.717, 1.165) is 46.1 Å². The first-order valence-electron chi connectivity index (χ1n) is 7.46. The van der Waals surface area contributed by atoms with Gasteiger partial charge in [-0.2, -0.15) is 0 Å². The van der Waals surface area contributed by atoms with Gasteiger partial charge < -0.3 is 15.2 Å². The van der Waals surface area contributed by atoms with Gasteiger partial charge in [0, 0.05) is 39.4 Å². The fraction of sp³-hybridized carbons (Fsp3) is 0.625.